The Labute approximate surface area is 575 Å². The van der Waals surface area contributed by atoms with Gasteiger partial charge in [-0.15, -0.1) is 0 Å². The lowest BCUT2D eigenvalue weighted by Gasteiger charge is -2.27. The number of aliphatic carboxylic acids is 1. The van der Waals surface area contributed by atoms with Crippen LogP contribution in [0, 0.1) is 11.7 Å². The van der Waals surface area contributed by atoms with Gasteiger partial charge in [0, 0.05) is 42.8 Å². The molecule has 0 spiro atoms. The van der Waals surface area contributed by atoms with E-state index in [0.717, 1.165) is 4.90 Å². The van der Waals surface area contributed by atoms with Gasteiger partial charge < -0.3 is 87.2 Å². The van der Waals surface area contributed by atoms with Gasteiger partial charge in [-0.2, -0.15) is 0 Å². The van der Waals surface area contributed by atoms with Crippen molar-refractivity contribution in [3.05, 3.63) is 126 Å². The summed E-state index contributed by atoms with van der Waals surface area (Å²) < 4.78 is 75.6. The summed E-state index contributed by atoms with van der Waals surface area (Å²) in [6.07, 6.45) is -0.794. The van der Waals surface area contributed by atoms with Crippen LogP contribution in [0.1, 0.15) is 79.8 Å². The van der Waals surface area contributed by atoms with Crippen LogP contribution in [0.15, 0.2) is 97.2 Å². The summed E-state index contributed by atoms with van der Waals surface area (Å²) in [5.41, 5.74) is 12.5. The molecule has 0 radical (unpaired) electrons. The number of alkyl halides is 2. The number of nitrogens with one attached hydrogen (secondary N) is 8. The number of aromatic nitrogens is 5. The number of benzene rings is 3. The quantitative estimate of drug-likeness (QED) is 0.0191. The van der Waals surface area contributed by atoms with Gasteiger partial charge in [-0.3, -0.25) is 43.3 Å². The number of fused-ring (bicyclic) bond motifs is 1. The topological polar surface area (TPSA) is 453 Å². The molecule has 101 heavy (non-hydrogen) atoms. The van der Waals surface area contributed by atoms with Crippen molar-refractivity contribution in [2.45, 2.75) is 83.7 Å². The first kappa shape index (κ1) is 77.2. The zero-order valence-corrected chi connectivity index (χ0v) is 55.1. The maximum atomic E-state index is 15.1. The van der Waals surface area contributed by atoms with Gasteiger partial charge in [0.05, 0.1) is 112 Å². The SMILES string of the molecule is CC(C)[C@H](NC(=O)[C@H](CCC(=O)O)NC(=O)CCOCCOCCOCCOCCN1C(=O)C=CC1=O)C(=O)N[C@@H](CCCNC(N)=O)C(=O)Nc1ccc(COC(=O)NCCOc2cnc3ccc(-c4[nH]c(CNc5cccc(C(N)=O)c5F)nc4-c4cccc(C(F)F)n4)cc3n2)cc1. The fourth-order valence-corrected chi connectivity index (χ4v) is 9.66. The molecular formula is C66H78F3N15O17. The van der Waals surface area contributed by atoms with Crippen LogP contribution in [0.2, 0.25) is 0 Å². The second-order valence-corrected chi connectivity index (χ2v) is 22.6. The summed E-state index contributed by atoms with van der Waals surface area (Å²) in [6.45, 7) is 4.39. The Morgan fingerprint density at radius 2 is 1.38 bits per heavy atom. The van der Waals surface area contributed by atoms with Gasteiger partial charge in [0.1, 0.15) is 48.6 Å². The lowest BCUT2D eigenvalue weighted by Crippen LogP contribution is -2.58. The molecule has 0 fully saturated rings. The third kappa shape index (κ3) is 25.0. The third-order valence-electron chi connectivity index (χ3n) is 14.8. The molecule has 4 heterocycles. The zero-order chi connectivity index (χ0) is 72.8. The Morgan fingerprint density at radius 1 is 0.693 bits per heavy atom. The molecule has 3 aromatic carbocycles. The number of imide groups is 1. The van der Waals surface area contributed by atoms with Crippen molar-refractivity contribution in [3.8, 4) is 28.5 Å². The van der Waals surface area contributed by atoms with E-state index in [9.17, 15) is 61.8 Å². The molecule has 7 rings (SSSR count). The number of anilines is 2. The van der Waals surface area contributed by atoms with E-state index in [4.69, 9.17) is 39.9 Å². The Hall–Kier alpha value is -11.2. The van der Waals surface area contributed by atoms with Gasteiger partial charge in [0.15, 0.2) is 5.82 Å². The number of hydrogen-bond acceptors (Lipinski definition) is 21. The summed E-state index contributed by atoms with van der Waals surface area (Å²) in [5, 5.41) is 27.8. The first-order valence-corrected chi connectivity index (χ1v) is 31.9. The molecule has 540 valence electrons. The number of H-pyrrole nitrogens is 1. The van der Waals surface area contributed by atoms with Crippen LogP contribution in [0.3, 0.4) is 0 Å². The number of urea groups is 1. The van der Waals surface area contributed by atoms with Crippen molar-refractivity contribution < 1.29 is 94.6 Å². The second-order valence-electron chi connectivity index (χ2n) is 22.6. The van der Waals surface area contributed by atoms with Gasteiger partial charge in [-0.25, -0.2) is 42.7 Å². The van der Waals surface area contributed by atoms with Crippen LogP contribution in [0.5, 0.6) is 5.88 Å². The van der Waals surface area contributed by atoms with E-state index in [1.165, 1.54) is 66.9 Å². The minimum Gasteiger partial charge on any atom is -0.481 e. The predicted octanol–water partition coefficient (Wildman–Crippen LogP) is 3.92. The third-order valence-corrected chi connectivity index (χ3v) is 14.8. The van der Waals surface area contributed by atoms with Crippen LogP contribution in [0.25, 0.3) is 33.7 Å². The number of nitrogens with two attached hydrogens (primary N) is 2. The van der Waals surface area contributed by atoms with Gasteiger partial charge in [0.2, 0.25) is 29.5 Å². The average Bonchev–Trinajstić information content (AvgIpc) is 1.70. The zero-order valence-electron chi connectivity index (χ0n) is 55.1. The average molecular weight is 1410 g/mol. The van der Waals surface area contributed by atoms with Crippen LogP contribution in [-0.2, 0) is 70.4 Å². The molecule has 0 saturated carbocycles. The Kier molecular flexibility index (Phi) is 30.1. The highest BCUT2D eigenvalue weighted by Gasteiger charge is 2.32. The molecule has 1 aliphatic rings. The van der Waals surface area contributed by atoms with E-state index in [0.29, 0.717) is 27.9 Å². The van der Waals surface area contributed by atoms with Crippen LogP contribution in [-0.4, -0.2) is 192 Å². The number of primary amides is 2. The van der Waals surface area contributed by atoms with Crippen LogP contribution >= 0.6 is 0 Å². The van der Waals surface area contributed by atoms with E-state index in [1.54, 1.807) is 44.2 Å². The Bertz CT molecular complexity index is 3880. The van der Waals surface area contributed by atoms with Gasteiger partial charge >= 0.3 is 18.1 Å². The number of carbonyl (C=O) groups is 10. The highest BCUT2D eigenvalue weighted by Crippen LogP contribution is 2.33. The molecule has 1 aliphatic heterocycles. The second kappa shape index (κ2) is 39.4. The number of rotatable bonds is 43. The number of carbonyl (C=O) groups excluding carboxylic acids is 9. The molecule has 13 N–H and O–H groups in total. The first-order valence-electron chi connectivity index (χ1n) is 31.9. The summed E-state index contributed by atoms with van der Waals surface area (Å²) in [7, 11) is 0. The minimum absolute atomic E-state index is 0.0179. The first-order chi connectivity index (χ1) is 48.5. The van der Waals surface area contributed by atoms with Crippen molar-refractivity contribution in [1.82, 2.24) is 56.4 Å². The van der Waals surface area contributed by atoms with Crippen molar-refractivity contribution in [2.24, 2.45) is 17.4 Å². The number of halogens is 3. The monoisotopic (exact) mass is 1410 g/mol. The fraction of sp³-hybridized carbons (Fsp3) is 0.394. The molecule has 0 saturated heterocycles. The number of carboxylic acid groups (broad SMARTS) is 1. The summed E-state index contributed by atoms with van der Waals surface area (Å²) >= 11 is 0. The number of hydrogen-bond donors (Lipinski definition) is 11. The van der Waals surface area contributed by atoms with Crippen LogP contribution < -0.4 is 53.4 Å². The molecular weight excluding hydrogens is 1330 g/mol. The smallest absolute Gasteiger partial charge is 0.407 e. The van der Waals surface area contributed by atoms with Crippen molar-refractivity contribution >= 4 is 81.9 Å². The standard InChI is InChI=1S/C66H78F3N15O17/c1-38(2)57(83-63(92)48(17-20-55(88)89)78-51(85)21-25-96-28-30-98-32-33-99-31-29-97-27-24-84-53(86)18-19-54(84)87)64(93)80-47(10-5-22-72-65(71)94)62(91)76-41-14-11-39(12-15-41)37-101-66(95)73-23-26-100-52-36-75-43-16-13-40(34-49(43)79-52)58-59(45-8-4-9-46(77-45)60(68)69)82-50(81-58)35-74-44-7-3-6-42(56(44)67)61(70)90/h3-4,6-9,11-16,18-19,34,36,38,47-48,57,60,74H,5,10,17,20-33,35,37H2,1-2H3,(H2,70,90)(H,73,95)(H,76,91)(H,78,85)(H,80,93)(H,81,82)(H,83,92)(H,88,89)(H3,71,72,94)/t47-,48-,57-/m0/s1. The summed E-state index contributed by atoms with van der Waals surface area (Å²) in [4.78, 5) is 147. The highest BCUT2D eigenvalue weighted by molar-refractivity contribution is 6.13. The molecule has 0 aliphatic carbocycles. The van der Waals surface area contributed by atoms with E-state index >= 15 is 4.39 Å². The molecule has 35 heteroatoms. The summed E-state index contributed by atoms with van der Waals surface area (Å²) in [5.74, 6) is -7.07. The summed E-state index contributed by atoms with van der Waals surface area (Å²) in [6, 6.07) is 14.7. The number of amides is 10. The normalized spacial score (nSPS) is 12.8. The number of pyridine rings is 1. The molecule has 0 bridgehead atoms. The highest BCUT2D eigenvalue weighted by atomic mass is 19.3. The van der Waals surface area contributed by atoms with E-state index in [2.05, 4.69) is 62.1 Å². The predicted molar refractivity (Wildman–Crippen MR) is 354 cm³/mol. The van der Waals surface area contributed by atoms with Crippen LogP contribution in [0.4, 0.5) is 34.1 Å². The largest absolute Gasteiger partial charge is 0.481 e. The number of aromatic amines is 1. The number of carboxylic acids is 1. The minimum atomic E-state index is -2.87. The van der Waals surface area contributed by atoms with Crippen molar-refractivity contribution in [1.29, 1.82) is 0 Å². The number of imidazole rings is 1. The van der Waals surface area contributed by atoms with Crippen molar-refractivity contribution in [3.63, 3.8) is 0 Å². The van der Waals surface area contributed by atoms with Crippen molar-refractivity contribution in [2.75, 3.05) is 89.7 Å². The van der Waals surface area contributed by atoms with E-state index < -0.39 is 96.0 Å². The maximum absolute atomic E-state index is 15.1. The van der Waals surface area contributed by atoms with Gasteiger partial charge in [0.25, 0.3) is 24.1 Å². The molecule has 6 aromatic rings. The van der Waals surface area contributed by atoms with Gasteiger partial charge in [-0.1, -0.05) is 44.2 Å². The number of nitrogens with zero attached hydrogens (tertiary/aromatic N) is 5. The molecule has 10 amide bonds. The Balaban J connectivity index is 0.848. The Morgan fingerprint density at radius 3 is 2.05 bits per heavy atom. The number of alkyl carbamates (subject to hydrolysis) is 1. The van der Waals surface area contributed by atoms with E-state index in [-0.39, 0.29) is 170 Å². The molecule has 32 nitrogen and oxygen atoms in total. The van der Waals surface area contributed by atoms with Gasteiger partial charge in [-0.05, 0) is 79.3 Å². The molecule has 3 aromatic heterocycles. The van der Waals surface area contributed by atoms with E-state index in [1.807, 2.05) is 0 Å². The number of ether oxygens (including phenoxy) is 6. The fourth-order valence-electron chi connectivity index (χ4n) is 9.66. The molecule has 3 atom stereocenters. The maximum Gasteiger partial charge on any atom is 0.407 e. The lowest BCUT2D eigenvalue weighted by atomic mass is 10.0. The molecule has 0 unspecified atom stereocenters. The lowest BCUT2D eigenvalue weighted by molar-refractivity contribution is -0.139.